The van der Waals surface area contributed by atoms with Crippen molar-refractivity contribution in [3.05, 3.63) is 51.8 Å². The molecule has 1 atom stereocenters. The molecule has 108 valence electrons. The topological polar surface area (TPSA) is 29.9 Å². The maximum Gasteiger partial charge on any atom is 0.0597 e. The molecule has 1 N–H and O–H groups in total. The highest BCUT2D eigenvalue weighted by Gasteiger charge is 2.17. The third-order valence-corrected chi connectivity index (χ3v) is 3.99. The van der Waals surface area contributed by atoms with Crippen molar-refractivity contribution in [3.8, 4) is 0 Å². The van der Waals surface area contributed by atoms with E-state index in [0.717, 1.165) is 12.1 Å². The molecule has 0 bridgehead atoms. The molecule has 2 rings (SSSR count). The zero-order chi connectivity index (χ0) is 14.9. The number of benzene rings is 1. The monoisotopic (exact) mass is 271 g/mol. The molecule has 0 aliphatic carbocycles. The molecule has 0 aliphatic heterocycles. The Labute approximate surface area is 122 Å². The molecule has 0 amide bonds. The van der Waals surface area contributed by atoms with Crippen molar-refractivity contribution >= 4 is 0 Å². The fourth-order valence-electron chi connectivity index (χ4n) is 3.05. The highest BCUT2D eigenvalue weighted by molar-refractivity contribution is 5.38. The Bertz CT molecular complexity index is 588. The minimum atomic E-state index is 0.293. The van der Waals surface area contributed by atoms with Gasteiger partial charge >= 0.3 is 0 Å². The van der Waals surface area contributed by atoms with Gasteiger partial charge < -0.3 is 5.32 Å². The molecule has 0 spiro atoms. The lowest BCUT2D eigenvalue weighted by Gasteiger charge is -2.20. The molecule has 1 heterocycles. The van der Waals surface area contributed by atoms with Crippen LogP contribution < -0.4 is 5.32 Å². The Morgan fingerprint density at radius 3 is 2.15 bits per heavy atom. The van der Waals surface area contributed by atoms with Crippen molar-refractivity contribution in [1.29, 1.82) is 0 Å². The third kappa shape index (κ3) is 2.93. The van der Waals surface area contributed by atoms with Crippen LogP contribution in [0, 0.1) is 27.7 Å². The van der Waals surface area contributed by atoms with Gasteiger partial charge in [0, 0.05) is 7.05 Å². The van der Waals surface area contributed by atoms with Gasteiger partial charge in [0.05, 0.1) is 17.4 Å². The number of nitrogens with one attached hydrogen (secondary N) is 1. The van der Waals surface area contributed by atoms with Crippen molar-refractivity contribution in [3.63, 3.8) is 0 Å². The molecule has 1 unspecified atom stereocenters. The van der Waals surface area contributed by atoms with Gasteiger partial charge in [0.2, 0.25) is 0 Å². The van der Waals surface area contributed by atoms with Gasteiger partial charge in [0.1, 0.15) is 0 Å². The summed E-state index contributed by atoms with van der Waals surface area (Å²) in [7, 11) is 4.04. The quantitative estimate of drug-likeness (QED) is 0.925. The van der Waals surface area contributed by atoms with Gasteiger partial charge in [0.25, 0.3) is 0 Å². The van der Waals surface area contributed by atoms with Crippen molar-refractivity contribution in [1.82, 2.24) is 15.1 Å². The number of hydrogen-bond donors (Lipinski definition) is 1. The van der Waals surface area contributed by atoms with Crippen LogP contribution in [0.2, 0.25) is 0 Å². The van der Waals surface area contributed by atoms with Gasteiger partial charge in [-0.25, -0.2) is 0 Å². The van der Waals surface area contributed by atoms with Crippen LogP contribution in [-0.4, -0.2) is 16.8 Å². The Kier molecular flexibility index (Phi) is 4.29. The third-order valence-electron chi connectivity index (χ3n) is 3.99. The molecule has 1 aromatic heterocycles. The second-order valence-electron chi connectivity index (χ2n) is 5.76. The highest BCUT2D eigenvalue weighted by atomic mass is 15.3. The van der Waals surface area contributed by atoms with Crippen LogP contribution in [-0.2, 0) is 13.5 Å². The molecule has 0 saturated heterocycles. The Morgan fingerprint density at radius 1 is 1.10 bits per heavy atom. The van der Waals surface area contributed by atoms with E-state index in [2.05, 4.69) is 49.4 Å². The van der Waals surface area contributed by atoms with E-state index in [0.29, 0.717) is 6.04 Å². The van der Waals surface area contributed by atoms with Crippen LogP contribution in [0.5, 0.6) is 0 Å². The number of rotatable bonds is 4. The SMILES string of the molecule is CNC(Cc1c(C)cc(C)cc1C)c1cc(C)nn1C. The summed E-state index contributed by atoms with van der Waals surface area (Å²) in [6.07, 6.45) is 0.993. The second kappa shape index (κ2) is 5.80. The minimum absolute atomic E-state index is 0.293. The summed E-state index contributed by atoms with van der Waals surface area (Å²) in [6.45, 7) is 8.61. The zero-order valence-corrected chi connectivity index (χ0v) is 13.4. The van der Waals surface area contributed by atoms with E-state index in [9.17, 15) is 0 Å². The first-order valence-corrected chi connectivity index (χ1v) is 7.17. The van der Waals surface area contributed by atoms with Gasteiger partial charge in [-0.1, -0.05) is 17.7 Å². The van der Waals surface area contributed by atoms with Crippen molar-refractivity contribution in [2.75, 3.05) is 7.05 Å². The zero-order valence-electron chi connectivity index (χ0n) is 13.4. The van der Waals surface area contributed by atoms with E-state index in [1.54, 1.807) is 0 Å². The fraction of sp³-hybridized carbons (Fsp3) is 0.471. The van der Waals surface area contributed by atoms with Gasteiger partial charge in [0.15, 0.2) is 0 Å². The average Bonchev–Trinajstić information content (AvgIpc) is 2.67. The Balaban J connectivity index is 2.34. The maximum absolute atomic E-state index is 4.46. The smallest absolute Gasteiger partial charge is 0.0597 e. The Morgan fingerprint density at radius 2 is 1.70 bits per heavy atom. The van der Waals surface area contributed by atoms with Crippen molar-refractivity contribution in [2.24, 2.45) is 7.05 Å². The summed E-state index contributed by atoms with van der Waals surface area (Å²) in [6, 6.07) is 6.99. The molecular weight excluding hydrogens is 246 g/mol. The summed E-state index contributed by atoms with van der Waals surface area (Å²) < 4.78 is 1.98. The first kappa shape index (κ1) is 14.8. The molecule has 0 fully saturated rings. The predicted octanol–water partition coefficient (Wildman–Crippen LogP) is 3.16. The van der Waals surface area contributed by atoms with E-state index in [1.165, 1.54) is 27.9 Å². The van der Waals surface area contributed by atoms with Gasteiger partial charge in [-0.15, -0.1) is 0 Å². The summed E-state index contributed by atoms with van der Waals surface area (Å²) >= 11 is 0. The average molecular weight is 271 g/mol. The number of aromatic nitrogens is 2. The minimum Gasteiger partial charge on any atom is -0.311 e. The maximum atomic E-state index is 4.46. The molecule has 3 nitrogen and oxygen atoms in total. The van der Waals surface area contributed by atoms with E-state index in [4.69, 9.17) is 0 Å². The normalized spacial score (nSPS) is 12.7. The predicted molar refractivity (Wildman–Crippen MR) is 84.1 cm³/mol. The van der Waals surface area contributed by atoms with Crippen LogP contribution in [0.3, 0.4) is 0 Å². The van der Waals surface area contributed by atoms with Crippen LogP contribution in [0.25, 0.3) is 0 Å². The first-order valence-electron chi connectivity index (χ1n) is 7.17. The van der Waals surface area contributed by atoms with E-state index >= 15 is 0 Å². The van der Waals surface area contributed by atoms with Crippen molar-refractivity contribution < 1.29 is 0 Å². The summed E-state index contributed by atoms with van der Waals surface area (Å²) in [5.74, 6) is 0. The molecule has 20 heavy (non-hydrogen) atoms. The lowest BCUT2D eigenvalue weighted by molar-refractivity contribution is 0.535. The van der Waals surface area contributed by atoms with Gasteiger partial charge in [-0.05, 0) is 63.9 Å². The van der Waals surface area contributed by atoms with Crippen LogP contribution >= 0.6 is 0 Å². The van der Waals surface area contributed by atoms with E-state index < -0.39 is 0 Å². The van der Waals surface area contributed by atoms with Gasteiger partial charge in [-0.2, -0.15) is 5.10 Å². The van der Waals surface area contributed by atoms with Crippen LogP contribution in [0.4, 0.5) is 0 Å². The molecule has 0 saturated carbocycles. The fourth-order valence-corrected chi connectivity index (χ4v) is 3.05. The van der Waals surface area contributed by atoms with Gasteiger partial charge in [-0.3, -0.25) is 4.68 Å². The molecule has 1 aromatic carbocycles. The first-order chi connectivity index (χ1) is 9.42. The molecular formula is C17H25N3. The summed E-state index contributed by atoms with van der Waals surface area (Å²) in [5.41, 5.74) is 7.84. The van der Waals surface area contributed by atoms with Crippen LogP contribution in [0.1, 0.15) is 39.7 Å². The number of hydrogen-bond acceptors (Lipinski definition) is 2. The van der Waals surface area contributed by atoms with Crippen LogP contribution in [0.15, 0.2) is 18.2 Å². The highest BCUT2D eigenvalue weighted by Crippen LogP contribution is 2.24. The molecule has 0 radical (unpaired) electrons. The van der Waals surface area contributed by atoms with Crippen molar-refractivity contribution in [2.45, 2.75) is 40.2 Å². The number of likely N-dealkylation sites (N-methyl/N-ethyl adjacent to an activating group) is 1. The van der Waals surface area contributed by atoms with E-state index in [1.807, 2.05) is 25.7 Å². The molecule has 2 aromatic rings. The summed E-state index contributed by atoms with van der Waals surface area (Å²) in [5, 5.41) is 7.89. The number of nitrogens with zero attached hydrogens (tertiary/aromatic N) is 2. The summed E-state index contributed by atoms with van der Waals surface area (Å²) in [4.78, 5) is 0. The Hall–Kier alpha value is -1.61. The van der Waals surface area contributed by atoms with E-state index in [-0.39, 0.29) is 0 Å². The standard InChI is InChI=1S/C17H25N3/c1-11-7-12(2)15(13(3)8-11)10-16(18-5)17-9-14(4)19-20(17)6/h7-9,16,18H,10H2,1-6H3. The molecule has 0 aliphatic rings. The second-order valence-corrected chi connectivity index (χ2v) is 5.76. The number of aryl methyl sites for hydroxylation is 5. The largest absolute Gasteiger partial charge is 0.311 e. The lowest BCUT2D eigenvalue weighted by atomic mass is 9.93. The molecule has 3 heteroatoms. The lowest BCUT2D eigenvalue weighted by Crippen LogP contribution is -2.22.